The number of carbonyl (C=O) groups excluding carboxylic acids is 1. The Bertz CT molecular complexity index is 1170. The molecule has 0 bridgehead atoms. The Balaban J connectivity index is 1.81. The van der Waals surface area contributed by atoms with Gasteiger partial charge in [-0.1, -0.05) is 29.8 Å². The van der Waals surface area contributed by atoms with E-state index in [0.717, 1.165) is 11.1 Å². The van der Waals surface area contributed by atoms with Crippen LogP contribution in [0.5, 0.6) is 0 Å². The first-order chi connectivity index (χ1) is 13.8. The molecule has 150 valence electrons. The average Bonchev–Trinajstić information content (AvgIpc) is 3.15. The minimum absolute atomic E-state index is 0.0591. The Morgan fingerprint density at radius 3 is 2.62 bits per heavy atom. The van der Waals surface area contributed by atoms with Crippen LogP contribution in [0.4, 0.5) is 5.69 Å². The highest BCUT2D eigenvalue weighted by Crippen LogP contribution is 2.28. The summed E-state index contributed by atoms with van der Waals surface area (Å²) in [5.74, 6) is -0.199. The minimum Gasteiger partial charge on any atom is -0.352 e. The highest BCUT2D eigenvalue weighted by Gasteiger charge is 2.29. The molecule has 4 rings (SSSR count). The normalized spacial score (nSPS) is 13.7. The second-order valence-electron chi connectivity index (χ2n) is 6.81. The molecule has 1 aliphatic heterocycles. The topological polar surface area (TPSA) is 84.3 Å². The third kappa shape index (κ3) is 3.86. The van der Waals surface area contributed by atoms with Crippen molar-refractivity contribution in [1.82, 2.24) is 15.1 Å². The van der Waals surface area contributed by atoms with Crippen LogP contribution in [-0.4, -0.2) is 30.7 Å². The minimum atomic E-state index is -3.95. The molecule has 2 heterocycles. The number of nitrogens with zero attached hydrogens (tertiary/aromatic N) is 3. The molecule has 0 saturated carbocycles. The van der Waals surface area contributed by atoms with Gasteiger partial charge in [0.15, 0.2) is 5.03 Å². The lowest BCUT2D eigenvalue weighted by Gasteiger charge is -2.25. The number of hydrogen-bond acceptors (Lipinski definition) is 4. The van der Waals surface area contributed by atoms with Crippen LogP contribution in [0.25, 0.3) is 0 Å². The van der Waals surface area contributed by atoms with Crippen molar-refractivity contribution < 1.29 is 13.2 Å². The number of carbonyl (C=O) groups is 1. The first-order valence-corrected chi connectivity index (χ1v) is 10.8. The molecule has 3 aromatic rings. The lowest BCUT2D eigenvalue weighted by atomic mass is 10.00. The van der Waals surface area contributed by atoms with E-state index >= 15 is 0 Å². The van der Waals surface area contributed by atoms with Gasteiger partial charge < -0.3 is 5.32 Å². The van der Waals surface area contributed by atoms with Crippen molar-refractivity contribution in [1.29, 1.82) is 0 Å². The third-order valence-electron chi connectivity index (χ3n) is 4.79. The van der Waals surface area contributed by atoms with Crippen molar-refractivity contribution in [3.05, 3.63) is 76.4 Å². The smallest absolute Gasteiger partial charge is 0.283 e. The molecule has 2 aromatic carbocycles. The molecular formula is C20H19ClN4O3S. The first kappa shape index (κ1) is 19.5. The fourth-order valence-corrected chi connectivity index (χ4v) is 4.80. The van der Waals surface area contributed by atoms with E-state index in [9.17, 15) is 13.2 Å². The average molecular weight is 431 g/mol. The number of fused-ring (bicyclic) bond motifs is 1. The fourth-order valence-electron chi connectivity index (χ4n) is 3.27. The number of rotatable bonds is 5. The van der Waals surface area contributed by atoms with E-state index in [1.807, 2.05) is 6.07 Å². The van der Waals surface area contributed by atoms with Crippen LogP contribution in [0, 0.1) is 0 Å². The maximum atomic E-state index is 13.4. The van der Waals surface area contributed by atoms with E-state index in [-0.39, 0.29) is 17.5 Å². The summed E-state index contributed by atoms with van der Waals surface area (Å²) in [5.41, 5.74) is 2.56. The summed E-state index contributed by atoms with van der Waals surface area (Å²) in [6, 6.07) is 13.6. The molecule has 0 spiro atoms. The number of hydrogen-bond donors (Lipinski definition) is 1. The maximum Gasteiger partial charge on any atom is 0.283 e. The van der Waals surface area contributed by atoms with Crippen molar-refractivity contribution in [3.63, 3.8) is 0 Å². The van der Waals surface area contributed by atoms with Gasteiger partial charge in [-0.3, -0.25) is 13.8 Å². The Kier molecular flexibility index (Phi) is 5.06. The molecule has 0 radical (unpaired) electrons. The van der Waals surface area contributed by atoms with Gasteiger partial charge in [-0.05, 0) is 47.9 Å². The summed E-state index contributed by atoms with van der Waals surface area (Å²) in [6.45, 7) is 0.655. The van der Waals surface area contributed by atoms with Gasteiger partial charge in [0.1, 0.15) is 0 Å². The standard InChI is InChI=1S/C20H19ClN4O3S/c1-24-11-9-19(23-24)29(27,28)25(13-14-2-5-16(21)6-3-14)17-7-4-15-8-10-22-20(26)18(15)12-17/h2-7,9,11-12H,8,10,13H2,1H3,(H,22,26). The van der Waals surface area contributed by atoms with Gasteiger partial charge in [0.2, 0.25) is 0 Å². The zero-order valence-corrected chi connectivity index (χ0v) is 17.2. The highest BCUT2D eigenvalue weighted by molar-refractivity contribution is 7.92. The highest BCUT2D eigenvalue weighted by atomic mass is 35.5. The summed E-state index contributed by atoms with van der Waals surface area (Å²) >= 11 is 5.96. The van der Waals surface area contributed by atoms with E-state index in [2.05, 4.69) is 10.4 Å². The van der Waals surface area contributed by atoms with Crippen molar-refractivity contribution >= 4 is 33.2 Å². The zero-order valence-electron chi connectivity index (χ0n) is 15.7. The number of amides is 1. The first-order valence-electron chi connectivity index (χ1n) is 9.02. The number of halogens is 1. The van der Waals surface area contributed by atoms with E-state index in [0.29, 0.717) is 29.2 Å². The molecule has 0 saturated heterocycles. The second-order valence-corrected chi connectivity index (χ2v) is 9.06. The van der Waals surface area contributed by atoms with Gasteiger partial charge in [0.05, 0.1) is 12.2 Å². The molecule has 0 unspecified atom stereocenters. The number of aryl methyl sites for hydroxylation is 1. The van der Waals surface area contributed by atoms with Crippen molar-refractivity contribution in [2.45, 2.75) is 18.0 Å². The fraction of sp³-hybridized carbons (Fsp3) is 0.200. The van der Waals surface area contributed by atoms with Crippen LogP contribution in [-0.2, 0) is 30.0 Å². The van der Waals surface area contributed by atoms with E-state index in [4.69, 9.17) is 11.6 Å². The number of nitrogens with one attached hydrogen (secondary N) is 1. The van der Waals surface area contributed by atoms with Gasteiger partial charge >= 0.3 is 0 Å². The van der Waals surface area contributed by atoms with Gasteiger partial charge in [-0.15, -0.1) is 0 Å². The summed E-state index contributed by atoms with van der Waals surface area (Å²) in [5, 5.41) is 7.38. The molecule has 1 aliphatic rings. The molecule has 0 fully saturated rings. The second kappa shape index (κ2) is 7.53. The molecule has 0 atom stereocenters. The number of aromatic nitrogens is 2. The lowest BCUT2D eigenvalue weighted by molar-refractivity contribution is 0.0946. The van der Waals surface area contributed by atoms with Crippen LogP contribution in [0.15, 0.2) is 59.8 Å². The predicted octanol–water partition coefficient (Wildman–Crippen LogP) is 2.75. The van der Waals surface area contributed by atoms with Crippen LogP contribution >= 0.6 is 11.6 Å². The Hall–Kier alpha value is -2.84. The van der Waals surface area contributed by atoms with Crippen LogP contribution in [0.1, 0.15) is 21.5 Å². The van der Waals surface area contributed by atoms with E-state index < -0.39 is 10.0 Å². The van der Waals surface area contributed by atoms with Crippen molar-refractivity contribution in [2.24, 2.45) is 7.05 Å². The molecule has 9 heteroatoms. The number of sulfonamides is 1. The molecule has 1 amide bonds. The molecular weight excluding hydrogens is 412 g/mol. The summed E-state index contributed by atoms with van der Waals surface area (Å²) in [4.78, 5) is 12.3. The zero-order chi connectivity index (χ0) is 20.6. The maximum absolute atomic E-state index is 13.4. The monoisotopic (exact) mass is 430 g/mol. The number of anilines is 1. The molecule has 7 nitrogen and oxygen atoms in total. The summed E-state index contributed by atoms with van der Waals surface area (Å²) in [7, 11) is -2.29. The van der Waals surface area contributed by atoms with Crippen molar-refractivity contribution in [2.75, 3.05) is 10.8 Å². The van der Waals surface area contributed by atoms with Gasteiger partial charge in [0, 0.05) is 30.4 Å². The van der Waals surface area contributed by atoms with Crippen LogP contribution < -0.4 is 9.62 Å². The Morgan fingerprint density at radius 2 is 1.93 bits per heavy atom. The molecule has 1 N–H and O–H groups in total. The summed E-state index contributed by atoms with van der Waals surface area (Å²) in [6.07, 6.45) is 2.29. The molecule has 29 heavy (non-hydrogen) atoms. The quantitative estimate of drug-likeness (QED) is 0.674. The molecule has 1 aromatic heterocycles. The number of benzene rings is 2. The lowest BCUT2D eigenvalue weighted by Crippen LogP contribution is -2.34. The largest absolute Gasteiger partial charge is 0.352 e. The SMILES string of the molecule is Cn1ccc(S(=O)(=O)N(Cc2ccc(Cl)cc2)c2ccc3c(c2)C(=O)NCC3)n1. The summed E-state index contributed by atoms with van der Waals surface area (Å²) < 4.78 is 29.5. The van der Waals surface area contributed by atoms with Crippen LogP contribution in [0.3, 0.4) is 0 Å². The van der Waals surface area contributed by atoms with E-state index in [1.165, 1.54) is 15.1 Å². The van der Waals surface area contributed by atoms with Gasteiger partial charge in [0.25, 0.3) is 15.9 Å². The molecule has 0 aliphatic carbocycles. The van der Waals surface area contributed by atoms with Gasteiger partial charge in [-0.25, -0.2) is 0 Å². The third-order valence-corrected chi connectivity index (χ3v) is 6.71. The van der Waals surface area contributed by atoms with Crippen molar-refractivity contribution in [3.8, 4) is 0 Å². The van der Waals surface area contributed by atoms with Crippen LogP contribution in [0.2, 0.25) is 5.02 Å². The predicted molar refractivity (Wildman–Crippen MR) is 111 cm³/mol. The van der Waals surface area contributed by atoms with E-state index in [1.54, 1.807) is 49.6 Å². The van der Waals surface area contributed by atoms with Gasteiger partial charge in [-0.2, -0.15) is 13.5 Å². The Labute approximate surface area is 174 Å². The Morgan fingerprint density at radius 1 is 1.17 bits per heavy atom.